The zero-order chi connectivity index (χ0) is 13.9. The van der Waals surface area contributed by atoms with Crippen molar-refractivity contribution < 1.29 is 4.39 Å². The third kappa shape index (κ3) is 2.59. The van der Waals surface area contributed by atoms with E-state index in [4.69, 9.17) is 0 Å². The maximum Gasteiger partial charge on any atom is 0.123 e. The summed E-state index contributed by atoms with van der Waals surface area (Å²) in [4.78, 5) is 4.45. The second kappa shape index (κ2) is 5.25. The van der Waals surface area contributed by atoms with Gasteiger partial charge in [-0.2, -0.15) is 0 Å². The molecular weight excluding hydrogens is 249 g/mol. The standard InChI is InChI=1S/C18H14FN/c1-13-2-4-14(5-3-13)16-8-11-18(20-12-16)15-6-9-17(19)10-7-15/h2-12H,1H3. The van der Waals surface area contributed by atoms with Crippen molar-refractivity contribution in [3.63, 3.8) is 0 Å². The topological polar surface area (TPSA) is 12.9 Å². The van der Waals surface area contributed by atoms with E-state index >= 15 is 0 Å². The Bertz CT molecular complexity index is 633. The zero-order valence-electron chi connectivity index (χ0n) is 11.2. The van der Waals surface area contributed by atoms with E-state index in [1.807, 2.05) is 18.3 Å². The third-order valence-electron chi connectivity index (χ3n) is 3.29. The van der Waals surface area contributed by atoms with Crippen molar-refractivity contribution >= 4 is 0 Å². The molecule has 3 rings (SSSR count). The Morgan fingerprint density at radius 3 is 1.90 bits per heavy atom. The van der Waals surface area contributed by atoms with Gasteiger partial charge in [-0.1, -0.05) is 35.9 Å². The maximum atomic E-state index is 12.9. The van der Waals surface area contributed by atoms with Crippen LogP contribution < -0.4 is 0 Å². The Kier molecular flexibility index (Phi) is 3.30. The minimum absolute atomic E-state index is 0.231. The number of benzene rings is 2. The quantitative estimate of drug-likeness (QED) is 0.643. The molecule has 0 saturated carbocycles. The molecular formula is C18H14FN. The Morgan fingerprint density at radius 1 is 0.700 bits per heavy atom. The van der Waals surface area contributed by atoms with E-state index in [-0.39, 0.29) is 5.82 Å². The Labute approximate surface area is 117 Å². The fraction of sp³-hybridized carbons (Fsp3) is 0.0556. The van der Waals surface area contributed by atoms with Gasteiger partial charge in [0.05, 0.1) is 5.69 Å². The lowest BCUT2D eigenvalue weighted by Crippen LogP contribution is -1.85. The van der Waals surface area contributed by atoms with E-state index in [1.165, 1.54) is 17.7 Å². The number of rotatable bonds is 2. The van der Waals surface area contributed by atoms with Crippen molar-refractivity contribution in [2.75, 3.05) is 0 Å². The van der Waals surface area contributed by atoms with Gasteiger partial charge in [-0.15, -0.1) is 0 Å². The van der Waals surface area contributed by atoms with Crippen LogP contribution >= 0.6 is 0 Å². The van der Waals surface area contributed by atoms with Crippen LogP contribution in [0.15, 0.2) is 66.9 Å². The molecule has 0 aliphatic rings. The van der Waals surface area contributed by atoms with Gasteiger partial charge in [-0.25, -0.2) is 4.39 Å². The van der Waals surface area contributed by atoms with Crippen molar-refractivity contribution in [3.8, 4) is 22.4 Å². The van der Waals surface area contributed by atoms with Crippen molar-refractivity contribution in [3.05, 3.63) is 78.2 Å². The number of hydrogen-bond acceptors (Lipinski definition) is 1. The molecule has 2 heteroatoms. The molecule has 0 amide bonds. The lowest BCUT2D eigenvalue weighted by Gasteiger charge is -2.04. The van der Waals surface area contributed by atoms with E-state index in [0.29, 0.717) is 0 Å². The number of aromatic nitrogens is 1. The van der Waals surface area contributed by atoms with Crippen LogP contribution in [0.2, 0.25) is 0 Å². The molecule has 0 aliphatic heterocycles. The van der Waals surface area contributed by atoms with Crippen LogP contribution in [0.4, 0.5) is 4.39 Å². The van der Waals surface area contributed by atoms with Crippen LogP contribution in [0.3, 0.4) is 0 Å². The summed E-state index contributed by atoms with van der Waals surface area (Å²) < 4.78 is 12.9. The maximum absolute atomic E-state index is 12.9. The first-order valence-corrected chi connectivity index (χ1v) is 6.51. The molecule has 0 radical (unpaired) electrons. The lowest BCUT2D eigenvalue weighted by atomic mass is 10.0. The van der Waals surface area contributed by atoms with Gasteiger partial charge in [0.1, 0.15) is 5.82 Å². The molecule has 0 unspecified atom stereocenters. The van der Waals surface area contributed by atoms with Crippen molar-refractivity contribution in [2.24, 2.45) is 0 Å². The highest BCUT2D eigenvalue weighted by atomic mass is 19.1. The third-order valence-corrected chi connectivity index (χ3v) is 3.29. The van der Waals surface area contributed by atoms with Crippen LogP contribution in [0.1, 0.15) is 5.56 Å². The number of nitrogens with zero attached hydrogens (tertiary/aromatic N) is 1. The Hall–Kier alpha value is -2.48. The predicted octanol–water partition coefficient (Wildman–Crippen LogP) is 4.86. The first kappa shape index (κ1) is 12.5. The van der Waals surface area contributed by atoms with Crippen LogP contribution in [0, 0.1) is 12.7 Å². The van der Waals surface area contributed by atoms with Crippen molar-refractivity contribution in [1.82, 2.24) is 4.98 Å². The highest BCUT2D eigenvalue weighted by molar-refractivity contribution is 5.66. The number of hydrogen-bond donors (Lipinski definition) is 0. The average molecular weight is 263 g/mol. The van der Waals surface area contributed by atoms with E-state index in [9.17, 15) is 4.39 Å². The van der Waals surface area contributed by atoms with E-state index in [1.54, 1.807) is 12.1 Å². The molecule has 1 aromatic heterocycles. The molecule has 98 valence electrons. The number of halogens is 1. The lowest BCUT2D eigenvalue weighted by molar-refractivity contribution is 0.628. The van der Waals surface area contributed by atoms with Gasteiger partial charge >= 0.3 is 0 Å². The molecule has 0 fully saturated rings. The normalized spacial score (nSPS) is 10.5. The smallest absolute Gasteiger partial charge is 0.123 e. The van der Waals surface area contributed by atoms with Gasteiger partial charge in [-0.05, 0) is 42.8 Å². The average Bonchev–Trinajstić information content (AvgIpc) is 2.49. The fourth-order valence-electron chi connectivity index (χ4n) is 2.10. The molecule has 0 saturated heterocycles. The summed E-state index contributed by atoms with van der Waals surface area (Å²) in [5, 5.41) is 0. The summed E-state index contributed by atoms with van der Waals surface area (Å²) >= 11 is 0. The summed E-state index contributed by atoms with van der Waals surface area (Å²) in [5.74, 6) is -0.231. The van der Waals surface area contributed by atoms with Gasteiger partial charge in [0.2, 0.25) is 0 Å². The van der Waals surface area contributed by atoms with Gasteiger partial charge in [0.25, 0.3) is 0 Å². The molecule has 0 spiro atoms. The van der Waals surface area contributed by atoms with Crippen molar-refractivity contribution in [1.29, 1.82) is 0 Å². The van der Waals surface area contributed by atoms with Crippen LogP contribution in [-0.2, 0) is 0 Å². The molecule has 20 heavy (non-hydrogen) atoms. The van der Waals surface area contributed by atoms with Crippen molar-refractivity contribution in [2.45, 2.75) is 6.92 Å². The fourth-order valence-corrected chi connectivity index (χ4v) is 2.10. The monoisotopic (exact) mass is 263 g/mol. The summed E-state index contributed by atoms with van der Waals surface area (Å²) in [6, 6.07) is 18.7. The molecule has 1 nitrogen and oxygen atoms in total. The first-order valence-electron chi connectivity index (χ1n) is 6.51. The van der Waals surface area contributed by atoms with Crippen LogP contribution in [0.5, 0.6) is 0 Å². The Balaban J connectivity index is 1.91. The van der Waals surface area contributed by atoms with Gasteiger partial charge in [0.15, 0.2) is 0 Å². The minimum atomic E-state index is -0.231. The second-order valence-corrected chi connectivity index (χ2v) is 4.81. The number of aryl methyl sites for hydroxylation is 1. The van der Waals surface area contributed by atoms with Gasteiger partial charge in [-0.3, -0.25) is 4.98 Å². The largest absolute Gasteiger partial charge is 0.256 e. The molecule has 0 bridgehead atoms. The molecule has 0 aliphatic carbocycles. The molecule has 1 heterocycles. The minimum Gasteiger partial charge on any atom is -0.256 e. The second-order valence-electron chi connectivity index (χ2n) is 4.81. The Morgan fingerprint density at radius 2 is 1.30 bits per heavy atom. The van der Waals surface area contributed by atoms with Crippen LogP contribution in [-0.4, -0.2) is 4.98 Å². The van der Waals surface area contributed by atoms with E-state index in [0.717, 1.165) is 22.4 Å². The highest BCUT2D eigenvalue weighted by Crippen LogP contribution is 2.23. The summed E-state index contributed by atoms with van der Waals surface area (Å²) in [6.07, 6.45) is 1.85. The van der Waals surface area contributed by atoms with Crippen LogP contribution in [0.25, 0.3) is 22.4 Å². The highest BCUT2D eigenvalue weighted by Gasteiger charge is 2.02. The molecule has 0 atom stereocenters. The predicted molar refractivity (Wildman–Crippen MR) is 79.8 cm³/mol. The molecule has 3 aromatic rings. The summed E-state index contributed by atoms with van der Waals surface area (Å²) in [5.41, 5.74) is 5.23. The zero-order valence-corrected chi connectivity index (χ0v) is 11.2. The molecule has 2 aromatic carbocycles. The van der Waals surface area contributed by atoms with Gasteiger partial charge in [0, 0.05) is 17.3 Å². The first-order chi connectivity index (χ1) is 9.72. The summed E-state index contributed by atoms with van der Waals surface area (Å²) in [7, 11) is 0. The van der Waals surface area contributed by atoms with Gasteiger partial charge < -0.3 is 0 Å². The van der Waals surface area contributed by atoms with E-state index in [2.05, 4.69) is 36.2 Å². The number of pyridine rings is 1. The SMILES string of the molecule is Cc1ccc(-c2ccc(-c3ccc(F)cc3)nc2)cc1. The molecule has 0 N–H and O–H groups in total. The summed E-state index contributed by atoms with van der Waals surface area (Å²) in [6.45, 7) is 2.07. The van der Waals surface area contributed by atoms with E-state index < -0.39 is 0 Å².